The van der Waals surface area contributed by atoms with Crippen molar-refractivity contribution in [1.82, 2.24) is 4.90 Å². The van der Waals surface area contributed by atoms with Gasteiger partial charge in [0.25, 0.3) is 0 Å². The van der Waals surface area contributed by atoms with E-state index in [0.717, 1.165) is 23.9 Å². The second kappa shape index (κ2) is 7.33. The molecule has 0 aliphatic carbocycles. The second-order valence-electron chi connectivity index (χ2n) is 4.19. The second-order valence-corrected chi connectivity index (χ2v) is 6.21. The van der Waals surface area contributed by atoms with Crippen LogP contribution >= 0.6 is 35.6 Å². The Bertz CT molecular complexity index is 550. The van der Waals surface area contributed by atoms with E-state index in [-0.39, 0.29) is 11.4 Å². The molecule has 1 rings (SSSR count). The molecule has 0 aliphatic rings. The van der Waals surface area contributed by atoms with Crippen molar-refractivity contribution in [1.29, 1.82) is 0 Å². The lowest BCUT2D eigenvalue weighted by atomic mass is 10.2. The van der Waals surface area contributed by atoms with Crippen LogP contribution in [0, 0.1) is 0 Å². The van der Waals surface area contributed by atoms with Gasteiger partial charge in [0.15, 0.2) is 0 Å². The molecule has 0 saturated carbocycles. The van der Waals surface area contributed by atoms with E-state index in [1.165, 1.54) is 6.07 Å². The smallest absolute Gasteiger partial charge is 0.364 e. The van der Waals surface area contributed by atoms with Gasteiger partial charge in [-0.1, -0.05) is 35.6 Å². The number of amides is 1. The third kappa shape index (κ3) is 5.72. The average Bonchev–Trinajstić information content (AvgIpc) is 2.36. The van der Waals surface area contributed by atoms with Gasteiger partial charge in [-0.3, -0.25) is 4.79 Å². The summed E-state index contributed by atoms with van der Waals surface area (Å²) in [4.78, 5) is 13.3. The third-order valence-corrected chi connectivity index (χ3v) is 4.31. The minimum absolute atomic E-state index is 0.0149. The fourth-order valence-corrected chi connectivity index (χ4v) is 2.26. The van der Waals surface area contributed by atoms with E-state index in [4.69, 9.17) is 23.8 Å². The first kappa shape index (κ1) is 18.1. The fraction of sp³-hybridized carbons (Fsp3) is 0.333. The van der Waals surface area contributed by atoms with E-state index in [1.54, 1.807) is 19.0 Å². The Morgan fingerprint density at radius 1 is 1.43 bits per heavy atom. The molecule has 1 amide bonds. The molecule has 0 bridgehead atoms. The van der Waals surface area contributed by atoms with E-state index in [2.05, 4.69) is 5.32 Å². The number of nitrogens with zero attached hydrogens (tertiary/aromatic N) is 1. The molecule has 1 N–H and O–H groups in total. The van der Waals surface area contributed by atoms with Crippen LogP contribution in [-0.2, 0) is 11.0 Å². The van der Waals surface area contributed by atoms with Crippen LogP contribution < -0.4 is 5.32 Å². The molecule has 1 aromatic rings. The normalized spacial score (nSPS) is 11.1. The van der Waals surface area contributed by atoms with E-state index < -0.39 is 22.7 Å². The van der Waals surface area contributed by atoms with Crippen molar-refractivity contribution < 1.29 is 18.0 Å². The van der Waals surface area contributed by atoms with Crippen LogP contribution in [0.1, 0.15) is 5.56 Å². The Hall–Kier alpha value is -0.990. The number of thiocarbonyl (C=S) groups is 1. The van der Waals surface area contributed by atoms with Crippen LogP contribution in [0.3, 0.4) is 0 Å². The summed E-state index contributed by atoms with van der Waals surface area (Å²) in [5.41, 5.74) is -0.952. The number of hydrogen-bond acceptors (Lipinski definition) is 3. The zero-order valence-corrected chi connectivity index (χ0v) is 13.5. The fourth-order valence-electron chi connectivity index (χ4n) is 1.27. The van der Waals surface area contributed by atoms with Crippen LogP contribution in [-0.4, -0.2) is 35.0 Å². The summed E-state index contributed by atoms with van der Waals surface area (Å²) >= 11 is 11.6. The van der Waals surface area contributed by atoms with E-state index in [1.807, 2.05) is 0 Å². The van der Waals surface area contributed by atoms with Gasteiger partial charge in [0, 0.05) is 19.8 Å². The predicted molar refractivity (Wildman–Crippen MR) is 83.8 cm³/mol. The van der Waals surface area contributed by atoms with Crippen molar-refractivity contribution in [2.45, 2.75) is 6.18 Å². The number of rotatable bonds is 3. The summed E-state index contributed by atoms with van der Waals surface area (Å²) in [5, 5.41) is 1.97. The largest absolute Gasteiger partial charge is 0.417 e. The highest BCUT2D eigenvalue weighted by atomic mass is 35.5. The molecule has 0 aliphatic heterocycles. The highest BCUT2D eigenvalue weighted by Gasteiger charge is 2.33. The maximum absolute atomic E-state index is 12.7. The number of nitrogens with one attached hydrogen (secondary N) is 1. The van der Waals surface area contributed by atoms with Gasteiger partial charge in [-0.05, 0) is 18.2 Å². The van der Waals surface area contributed by atoms with Gasteiger partial charge in [-0.15, -0.1) is 0 Å². The molecule has 0 unspecified atom stereocenters. The molecule has 1 aromatic carbocycles. The molecular formula is C12H12ClF3N2OS2. The van der Waals surface area contributed by atoms with Crippen LogP contribution in [0.4, 0.5) is 18.9 Å². The minimum atomic E-state index is -4.57. The molecule has 0 spiro atoms. The summed E-state index contributed by atoms with van der Waals surface area (Å²) in [6, 6.07) is 3.21. The summed E-state index contributed by atoms with van der Waals surface area (Å²) < 4.78 is 38.6. The Kier molecular flexibility index (Phi) is 6.30. The summed E-state index contributed by atoms with van der Waals surface area (Å²) in [6.07, 6.45) is -4.57. The van der Waals surface area contributed by atoms with Gasteiger partial charge >= 0.3 is 6.18 Å². The SMILES string of the molecule is CN(C)C(=S)SCC(=O)Nc1ccc(Cl)c(C(F)(F)F)c1. The number of alkyl halides is 3. The summed E-state index contributed by atoms with van der Waals surface area (Å²) in [7, 11) is 3.48. The number of hydrogen-bond donors (Lipinski definition) is 1. The molecule has 0 saturated heterocycles. The molecule has 9 heteroatoms. The lowest BCUT2D eigenvalue weighted by Gasteiger charge is -2.13. The first-order valence-electron chi connectivity index (χ1n) is 5.62. The zero-order chi connectivity index (χ0) is 16.2. The van der Waals surface area contributed by atoms with Crippen LogP contribution in [0.15, 0.2) is 18.2 Å². The van der Waals surface area contributed by atoms with Gasteiger partial charge < -0.3 is 10.2 Å². The maximum Gasteiger partial charge on any atom is 0.417 e. The lowest BCUT2D eigenvalue weighted by Crippen LogP contribution is -2.21. The quantitative estimate of drug-likeness (QED) is 0.833. The maximum atomic E-state index is 12.7. The van der Waals surface area contributed by atoms with Crippen LogP contribution in [0.5, 0.6) is 0 Å². The molecule has 0 radical (unpaired) electrons. The highest BCUT2D eigenvalue weighted by Crippen LogP contribution is 2.36. The highest BCUT2D eigenvalue weighted by molar-refractivity contribution is 8.23. The van der Waals surface area contributed by atoms with Gasteiger partial charge in [0.1, 0.15) is 4.32 Å². The number of anilines is 1. The van der Waals surface area contributed by atoms with Crippen molar-refractivity contribution in [3.63, 3.8) is 0 Å². The number of carbonyl (C=O) groups excluding carboxylic acids is 1. The molecule has 21 heavy (non-hydrogen) atoms. The molecule has 0 atom stereocenters. The molecule has 3 nitrogen and oxygen atoms in total. The predicted octanol–water partition coefficient (Wildman–Crippen LogP) is 3.88. The van der Waals surface area contributed by atoms with Crippen molar-refractivity contribution in [2.24, 2.45) is 0 Å². The third-order valence-electron chi connectivity index (χ3n) is 2.25. The van der Waals surface area contributed by atoms with Gasteiger partial charge in [0.05, 0.1) is 16.3 Å². The number of thioether (sulfide) groups is 1. The first-order chi connectivity index (χ1) is 9.61. The number of carbonyl (C=O) groups is 1. The van der Waals surface area contributed by atoms with Crippen molar-refractivity contribution in [3.8, 4) is 0 Å². The number of benzene rings is 1. The Labute approximate surface area is 134 Å². The first-order valence-corrected chi connectivity index (χ1v) is 7.39. The van der Waals surface area contributed by atoms with Crippen LogP contribution in [0.2, 0.25) is 5.02 Å². The molecular weight excluding hydrogens is 345 g/mol. The Morgan fingerprint density at radius 3 is 2.57 bits per heavy atom. The number of halogens is 4. The summed E-state index contributed by atoms with van der Waals surface area (Å²) in [5.74, 6) is -0.430. The average molecular weight is 357 g/mol. The van der Waals surface area contributed by atoms with E-state index >= 15 is 0 Å². The van der Waals surface area contributed by atoms with Crippen molar-refractivity contribution in [3.05, 3.63) is 28.8 Å². The monoisotopic (exact) mass is 356 g/mol. The topological polar surface area (TPSA) is 32.3 Å². The minimum Gasteiger partial charge on any atom is -0.364 e. The molecule has 0 aromatic heterocycles. The molecule has 116 valence electrons. The standard InChI is InChI=1S/C12H12ClF3N2OS2/c1-18(2)11(20)21-6-10(19)17-7-3-4-9(13)8(5-7)12(14,15)16/h3-5H,6H2,1-2H3,(H,17,19). The Balaban J connectivity index is 2.71. The van der Waals surface area contributed by atoms with Crippen molar-refractivity contribution in [2.75, 3.05) is 25.2 Å². The van der Waals surface area contributed by atoms with Gasteiger partial charge in [0.2, 0.25) is 5.91 Å². The lowest BCUT2D eigenvalue weighted by molar-refractivity contribution is -0.137. The van der Waals surface area contributed by atoms with E-state index in [9.17, 15) is 18.0 Å². The van der Waals surface area contributed by atoms with Gasteiger partial charge in [-0.2, -0.15) is 13.2 Å². The summed E-state index contributed by atoms with van der Waals surface area (Å²) in [6.45, 7) is 0. The molecule has 0 fully saturated rings. The molecule has 0 heterocycles. The Morgan fingerprint density at radius 2 is 2.05 bits per heavy atom. The zero-order valence-electron chi connectivity index (χ0n) is 11.1. The van der Waals surface area contributed by atoms with Gasteiger partial charge in [-0.25, -0.2) is 0 Å². The van der Waals surface area contributed by atoms with Crippen molar-refractivity contribution >= 4 is 51.5 Å². The van der Waals surface area contributed by atoms with Crippen LogP contribution in [0.25, 0.3) is 0 Å². The van der Waals surface area contributed by atoms with E-state index in [0.29, 0.717) is 4.32 Å².